The zero-order valence-corrected chi connectivity index (χ0v) is 8.25. The van der Waals surface area contributed by atoms with E-state index in [1.165, 1.54) is 0 Å². The number of carboxylic acid groups (broad SMARTS) is 1. The Morgan fingerprint density at radius 1 is 1.57 bits per heavy atom. The average molecular weight is 200 g/mol. The molecule has 0 radical (unpaired) electrons. The first kappa shape index (κ1) is 11.0. The zero-order chi connectivity index (χ0) is 10.8. The van der Waals surface area contributed by atoms with Crippen LogP contribution in [0.2, 0.25) is 0 Å². The van der Waals surface area contributed by atoms with Gasteiger partial charge in [0.15, 0.2) is 0 Å². The lowest BCUT2D eigenvalue weighted by atomic mass is 10.1. The van der Waals surface area contributed by atoms with E-state index in [0.717, 1.165) is 6.42 Å². The molecule has 1 fully saturated rings. The second-order valence-electron chi connectivity index (χ2n) is 3.77. The van der Waals surface area contributed by atoms with Crippen molar-refractivity contribution in [3.8, 4) is 0 Å². The number of carbonyl (C=O) groups excluding carboxylic acids is 1. The molecule has 1 saturated carbocycles. The monoisotopic (exact) mass is 200 g/mol. The fourth-order valence-corrected chi connectivity index (χ4v) is 1.29. The van der Waals surface area contributed by atoms with E-state index in [0.29, 0.717) is 19.3 Å². The van der Waals surface area contributed by atoms with Crippen LogP contribution in [0.15, 0.2) is 0 Å². The molecule has 0 unspecified atom stereocenters. The third kappa shape index (κ3) is 2.23. The van der Waals surface area contributed by atoms with E-state index >= 15 is 0 Å². The predicted molar refractivity (Wildman–Crippen MR) is 50.6 cm³/mol. The quantitative estimate of drug-likeness (QED) is 0.575. The first-order valence-corrected chi connectivity index (χ1v) is 4.83. The van der Waals surface area contributed by atoms with Crippen LogP contribution in [0.1, 0.15) is 32.6 Å². The molecule has 0 spiro atoms. The molecule has 4 N–H and O–H groups in total. The van der Waals surface area contributed by atoms with Gasteiger partial charge >= 0.3 is 5.97 Å². The van der Waals surface area contributed by atoms with Gasteiger partial charge in [0.2, 0.25) is 5.91 Å². The fraction of sp³-hybridized carbons (Fsp3) is 0.778. The maximum Gasteiger partial charge on any atom is 0.329 e. The van der Waals surface area contributed by atoms with E-state index < -0.39 is 17.6 Å². The Morgan fingerprint density at radius 3 is 2.50 bits per heavy atom. The summed E-state index contributed by atoms with van der Waals surface area (Å²) in [4.78, 5) is 22.1. The Labute approximate surface area is 82.7 Å². The first-order chi connectivity index (χ1) is 6.52. The van der Waals surface area contributed by atoms with Crippen molar-refractivity contribution < 1.29 is 14.7 Å². The lowest BCUT2D eigenvalue weighted by Gasteiger charge is -2.16. The van der Waals surface area contributed by atoms with Gasteiger partial charge in [0.1, 0.15) is 5.54 Å². The van der Waals surface area contributed by atoms with Crippen molar-refractivity contribution in [2.75, 3.05) is 0 Å². The van der Waals surface area contributed by atoms with Gasteiger partial charge in [0.25, 0.3) is 0 Å². The van der Waals surface area contributed by atoms with Crippen LogP contribution in [-0.2, 0) is 9.59 Å². The van der Waals surface area contributed by atoms with Crippen LogP contribution in [0.25, 0.3) is 0 Å². The molecule has 1 rings (SSSR count). The largest absolute Gasteiger partial charge is 0.480 e. The Kier molecular flexibility index (Phi) is 3.10. The van der Waals surface area contributed by atoms with Gasteiger partial charge in [0, 0.05) is 0 Å². The van der Waals surface area contributed by atoms with Gasteiger partial charge in [-0.15, -0.1) is 0 Å². The van der Waals surface area contributed by atoms with Crippen LogP contribution in [-0.4, -0.2) is 28.6 Å². The molecule has 0 aliphatic heterocycles. The van der Waals surface area contributed by atoms with Crippen molar-refractivity contribution in [3.05, 3.63) is 0 Å². The van der Waals surface area contributed by atoms with E-state index in [2.05, 4.69) is 5.32 Å². The number of aliphatic carboxylic acids is 1. The van der Waals surface area contributed by atoms with Crippen LogP contribution in [0.3, 0.4) is 0 Å². The Hall–Kier alpha value is -1.10. The van der Waals surface area contributed by atoms with E-state index in [1.807, 2.05) is 6.92 Å². The topological polar surface area (TPSA) is 92.4 Å². The maximum atomic E-state index is 11.4. The minimum atomic E-state index is -1.01. The fourth-order valence-electron chi connectivity index (χ4n) is 1.29. The summed E-state index contributed by atoms with van der Waals surface area (Å²) in [5, 5.41) is 11.3. The van der Waals surface area contributed by atoms with E-state index in [1.54, 1.807) is 0 Å². The molecule has 1 aliphatic rings. The first-order valence-electron chi connectivity index (χ1n) is 4.83. The second kappa shape index (κ2) is 3.96. The molecule has 0 aromatic heterocycles. The minimum absolute atomic E-state index is 0.355. The van der Waals surface area contributed by atoms with Crippen molar-refractivity contribution >= 4 is 11.9 Å². The highest BCUT2D eigenvalue weighted by Crippen LogP contribution is 2.35. The number of carbonyl (C=O) groups is 2. The van der Waals surface area contributed by atoms with Gasteiger partial charge in [-0.1, -0.05) is 13.3 Å². The van der Waals surface area contributed by atoms with Crippen molar-refractivity contribution in [2.24, 2.45) is 5.73 Å². The van der Waals surface area contributed by atoms with Crippen LogP contribution in [0.4, 0.5) is 0 Å². The van der Waals surface area contributed by atoms with E-state index in [4.69, 9.17) is 10.8 Å². The van der Waals surface area contributed by atoms with E-state index in [9.17, 15) is 9.59 Å². The van der Waals surface area contributed by atoms with Crippen molar-refractivity contribution in [1.82, 2.24) is 5.32 Å². The van der Waals surface area contributed by atoms with Crippen molar-refractivity contribution in [1.29, 1.82) is 0 Å². The standard InChI is InChI=1S/C9H16N2O3/c1-2-3-6(10)7(12)11-9(4-5-9)8(13)14/h6H,2-5,10H2,1H3,(H,11,12)(H,13,14)/t6-/m0/s1. The van der Waals surface area contributed by atoms with Gasteiger partial charge in [-0.2, -0.15) is 0 Å². The lowest BCUT2D eigenvalue weighted by Crippen LogP contribution is -2.50. The third-order valence-electron chi connectivity index (χ3n) is 2.46. The number of amides is 1. The molecule has 80 valence electrons. The summed E-state index contributed by atoms with van der Waals surface area (Å²) in [7, 11) is 0. The van der Waals surface area contributed by atoms with Gasteiger partial charge in [0.05, 0.1) is 6.04 Å². The summed E-state index contributed by atoms with van der Waals surface area (Å²) >= 11 is 0. The number of nitrogens with one attached hydrogen (secondary N) is 1. The third-order valence-corrected chi connectivity index (χ3v) is 2.46. The summed E-state index contributed by atoms with van der Waals surface area (Å²) in [6.07, 6.45) is 2.41. The Bertz CT molecular complexity index is 248. The van der Waals surface area contributed by atoms with Crippen molar-refractivity contribution in [2.45, 2.75) is 44.2 Å². The van der Waals surface area contributed by atoms with Crippen LogP contribution < -0.4 is 11.1 Å². The van der Waals surface area contributed by atoms with Gasteiger partial charge < -0.3 is 16.2 Å². The molecular weight excluding hydrogens is 184 g/mol. The lowest BCUT2D eigenvalue weighted by molar-refractivity contribution is -0.143. The summed E-state index contributed by atoms with van der Waals surface area (Å²) in [5.41, 5.74) is 4.55. The Morgan fingerprint density at radius 2 is 2.14 bits per heavy atom. The summed E-state index contributed by atoms with van der Waals surface area (Å²) in [6, 6.07) is -0.586. The molecule has 1 atom stereocenters. The number of nitrogens with two attached hydrogens (primary N) is 1. The average Bonchev–Trinajstić information content (AvgIpc) is 2.86. The summed E-state index contributed by atoms with van der Waals surface area (Å²) in [6.45, 7) is 1.93. The highest BCUT2D eigenvalue weighted by atomic mass is 16.4. The molecule has 0 heterocycles. The van der Waals surface area contributed by atoms with Crippen LogP contribution >= 0.6 is 0 Å². The maximum absolute atomic E-state index is 11.4. The molecule has 0 aromatic rings. The molecule has 0 bridgehead atoms. The zero-order valence-electron chi connectivity index (χ0n) is 8.25. The number of hydrogen-bond acceptors (Lipinski definition) is 3. The summed E-state index contributed by atoms with van der Waals surface area (Å²) < 4.78 is 0. The molecule has 14 heavy (non-hydrogen) atoms. The van der Waals surface area contributed by atoms with Crippen LogP contribution in [0, 0.1) is 0 Å². The normalized spacial score (nSPS) is 19.9. The minimum Gasteiger partial charge on any atom is -0.480 e. The SMILES string of the molecule is CCC[C@H](N)C(=O)NC1(C(=O)O)CC1. The molecular formula is C9H16N2O3. The summed E-state index contributed by atoms with van der Waals surface area (Å²) in [5.74, 6) is -1.32. The molecule has 1 amide bonds. The smallest absolute Gasteiger partial charge is 0.329 e. The van der Waals surface area contributed by atoms with Crippen molar-refractivity contribution in [3.63, 3.8) is 0 Å². The number of rotatable bonds is 5. The van der Waals surface area contributed by atoms with Gasteiger partial charge in [-0.05, 0) is 19.3 Å². The van der Waals surface area contributed by atoms with E-state index in [-0.39, 0.29) is 5.91 Å². The second-order valence-corrected chi connectivity index (χ2v) is 3.77. The highest BCUT2D eigenvalue weighted by Gasteiger charge is 2.51. The highest BCUT2D eigenvalue weighted by molar-refractivity contribution is 5.91. The molecule has 0 saturated heterocycles. The molecule has 5 heteroatoms. The molecule has 5 nitrogen and oxygen atoms in total. The van der Waals surface area contributed by atoms with Crippen LogP contribution in [0.5, 0.6) is 0 Å². The Balaban J connectivity index is 2.44. The van der Waals surface area contributed by atoms with Gasteiger partial charge in [-0.3, -0.25) is 4.79 Å². The predicted octanol–water partition coefficient (Wildman–Crippen LogP) is -0.153. The number of carboxylic acids is 1. The molecule has 0 aromatic carbocycles. The number of hydrogen-bond donors (Lipinski definition) is 3. The molecule has 1 aliphatic carbocycles. The van der Waals surface area contributed by atoms with Gasteiger partial charge in [-0.25, -0.2) is 4.79 Å².